The highest BCUT2D eigenvalue weighted by Crippen LogP contribution is 2.46. The molecule has 286 valence electrons. The van der Waals surface area contributed by atoms with Crippen molar-refractivity contribution in [2.75, 3.05) is 6.54 Å². The molecule has 13 nitrogen and oxygen atoms in total. The molecule has 18 heteroatoms. The van der Waals surface area contributed by atoms with Crippen LogP contribution < -0.4 is 15.4 Å². The fraction of sp³-hybridized carbons (Fsp3) is 0.618. The summed E-state index contributed by atoms with van der Waals surface area (Å²) in [6.07, 6.45) is -5.22. The van der Waals surface area contributed by atoms with Crippen molar-refractivity contribution in [3.63, 3.8) is 0 Å². The van der Waals surface area contributed by atoms with Gasteiger partial charge >= 0.3 is 12.3 Å². The van der Waals surface area contributed by atoms with Gasteiger partial charge in [0.1, 0.15) is 35.0 Å². The van der Waals surface area contributed by atoms with Gasteiger partial charge in [0.25, 0.3) is 5.91 Å². The first-order chi connectivity index (χ1) is 23.9. The number of sulfonamides is 1. The molecule has 2 saturated carbocycles. The highest BCUT2D eigenvalue weighted by atomic mass is 32.2. The van der Waals surface area contributed by atoms with Gasteiger partial charge in [0.05, 0.1) is 18.3 Å². The number of carbonyl (C=O) groups excluding carboxylic acids is 5. The van der Waals surface area contributed by atoms with Crippen molar-refractivity contribution in [2.24, 2.45) is 16.7 Å². The molecule has 5 unspecified atom stereocenters. The fourth-order valence-electron chi connectivity index (χ4n) is 6.38. The number of ether oxygens (including phenoxy) is 1. The number of likely N-dealkylation sites (tertiary alicyclic amines) is 1. The second-order valence-electron chi connectivity index (χ2n) is 15.6. The van der Waals surface area contributed by atoms with E-state index in [2.05, 4.69) is 17.2 Å². The van der Waals surface area contributed by atoms with Crippen LogP contribution >= 0.6 is 0 Å². The zero-order valence-corrected chi connectivity index (χ0v) is 30.3. The number of hydrogen-bond donors (Lipinski definition) is 3. The highest BCUT2D eigenvalue weighted by molar-refractivity contribution is 7.91. The van der Waals surface area contributed by atoms with E-state index in [4.69, 9.17) is 4.74 Å². The minimum atomic E-state index is -4.97. The van der Waals surface area contributed by atoms with E-state index < -0.39 is 104 Å². The molecule has 0 spiro atoms. The highest BCUT2D eigenvalue weighted by Gasteiger charge is 2.62. The first-order valence-corrected chi connectivity index (χ1v) is 18.4. The first-order valence-electron chi connectivity index (χ1n) is 16.8. The molecule has 3 N–H and O–H groups in total. The standard InChI is InChI=1S/C34H43F4N5O8S/c1-7-19-14-33(19,29(47)41-52(49,50)21-11-12-21)40-26(44)24-13-20(51-30(48)42-15-18-9-8-10-23(35)22(18)17-42)16-43(24)27(45)25(31(2,3)4)39-28(46)32(5,6)34(36,37)38/h7-10,19-21,24-25H,1,11-17H2,2-6H3,(H,39,46)(H,40,44)(H,41,47). The molecule has 0 bridgehead atoms. The van der Waals surface area contributed by atoms with E-state index in [9.17, 15) is 50.0 Å². The maximum Gasteiger partial charge on any atom is 0.410 e. The van der Waals surface area contributed by atoms with Gasteiger partial charge in [-0.25, -0.2) is 17.6 Å². The summed E-state index contributed by atoms with van der Waals surface area (Å²) in [5.41, 5.74) is -4.95. The van der Waals surface area contributed by atoms with Gasteiger partial charge in [-0.2, -0.15) is 13.2 Å². The van der Waals surface area contributed by atoms with E-state index in [0.717, 1.165) is 4.90 Å². The van der Waals surface area contributed by atoms with Gasteiger partial charge in [-0.3, -0.25) is 28.8 Å². The summed E-state index contributed by atoms with van der Waals surface area (Å²) in [5.74, 6) is -5.55. The van der Waals surface area contributed by atoms with E-state index in [-0.39, 0.29) is 25.9 Å². The summed E-state index contributed by atoms with van der Waals surface area (Å²) in [5, 5.41) is 4.05. The van der Waals surface area contributed by atoms with Crippen LogP contribution in [0.5, 0.6) is 0 Å². The Labute approximate surface area is 298 Å². The molecular formula is C34H43F4N5O8S. The molecule has 2 heterocycles. The number of nitrogens with zero attached hydrogens (tertiary/aromatic N) is 2. The summed E-state index contributed by atoms with van der Waals surface area (Å²) in [6.45, 7) is 8.99. The molecule has 5 rings (SSSR count). The lowest BCUT2D eigenvalue weighted by molar-refractivity contribution is -0.212. The average molecular weight is 758 g/mol. The Balaban J connectivity index is 1.41. The van der Waals surface area contributed by atoms with Gasteiger partial charge < -0.3 is 20.3 Å². The summed E-state index contributed by atoms with van der Waals surface area (Å²) < 4.78 is 88.6. The minimum Gasteiger partial charge on any atom is -0.444 e. The maximum atomic E-state index is 14.4. The molecule has 1 aromatic rings. The average Bonchev–Trinajstić information content (AvgIpc) is 3.92. The third-order valence-electron chi connectivity index (χ3n) is 10.2. The largest absolute Gasteiger partial charge is 0.444 e. The number of halogens is 4. The van der Waals surface area contributed by atoms with E-state index >= 15 is 0 Å². The number of carbonyl (C=O) groups is 5. The number of rotatable bonds is 10. The Morgan fingerprint density at radius 3 is 2.25 bits per heavy atom. The lowest BCUT2D eigenvalue weighted by atomic mass is 9.83. The normalized spacial score (nSPS) is 25.1. The van der Waals surface area contributed by atoms with Crippen LogP contribution in [0.1, 0.15) is 71.4 Å². The minimum absolute atomic E-state index is 0.00732. The number of nitrogens with one attached hydrogen (secondary N) is 3. The van der Waals surface area contributed by atoms with Crippen molar-refractivity contribution in [3.8, 4) is 0 Å². The summed E-state index contributed by atoms with van der Waals surface area (Å²) in [4.78, 5) is 70.2. The van der Waals surface area contributed by atoms with Crippen LogP contribution in [-0.2, 0) is 47.0 Å². The zero-order valence-electron chi connectivity index (χ0n) is 29.4. The van der Waals surface area contributed by atoms with Crippen LogP contribution in [0.15, 0.2) is 30.9 Å². The van der Waals surface area contributed by atoms with Crippen molar-refractivity contribution in [1.29, 1.82) is 0 Å². The van der Waals surface area contributed by atoms with Gasteiger partial charge in [-0.1, -0.05) is 39.0 Å². The monoisotopic (exact) mass is 757 g/mol. The predicted molar refractivity (Wildman–Crippen MR) is 177 cm³/mol. The topological polar surface area (TPSA) is 171 Å². The number of benzene rings is 1. The lowest BCUT2D eigenvalue weighted by Gasteiger charge is -2.37. The van der Waals surface area contributed by atoms with Crippen LogP contribution in [-0.4, -0.2) is 89.6 Å². The smallest absolute Gasteiger partial charge is 0.410 e. The Bertz CT molecular complexity index is 1790. The van der Waals surface area contributed by atoms with Crippen LogP contribution in [0.3, 0.4) is 0 Å². The van der Waals surface area contributed by atoms with Crippen molar-refractivity contribution in [2.45, 2.75) is 109 Å². The van der Waals surface area contributed by atoms with Gasteiger partial charge in [0.15, 0.2) is 0 Å². The Hall–Kier alpha value is -4.22. The molecular weight excluding hydrogens is 714 g/mol. The first kappa shape index (κ1) is 39.0. The molecule has 3 fully saturated rings. The molecule has 1 aromatic carbocycles. The Morgan fingerprint density at radius 1 is 1.06 bits per heavy atom. The van der Waals surface area contributed by atoms with Crippen molar-refractivity contribution in [3.05, 3.63) is 47.8 Å². The van der Waals surface area contributed by atoms with Gasteiger partial charge in [0, 0.05) is 24.4 Å². The molecule has 4 aliphatic rings. The molecule has 5 amide bonds. The number of alkyl halides is 3. The number of amides is 5. The Kier molecular flexibility index (Phi) is 9.99. The Morgan fingerprint density at radius 2 is 1.71 bits per heavy atom. The van der Waals surface area contributed by atoms with E-state index in [1.54, 1.807) is 6.07 Å². The molecule has 0 aromatic heterocycles. The molecule has 2 aliphatic carbocycles. The number of fused-ring (bicyclic) bond motifs is 1. The lowest BCUT2D eigenvalue weighted by Crippen LogP contribution is -2.61. The summed E-state index contributed by atoms with van der Waals surface area (Å²) in [6, 6.07) is 1.32. The van der Waals surface area contributed by atoms with Crippen molar-refractivity contribution < 1.29 is 54.7 Å². The number of hydrogen-bond acceptors (Lipinski definition) is 8. The zero-order chi connectivity index (χ0) is 38.8. The summed E-state index contributed by atoms with van der Waals surface area (Å²) in [7, 11) is -4.01. The van der Waals surface area contributed by atoms with Gasteiger partial charge in [-0.15, -0.1) is 6.58 Å². The van der Waals surface area contributed by atoms with E-state index in [1.165, 1.54) is 43.9 Å². The second kappa shape index (κ2) is 13.3. The van der Waals surface area contributed by atoms with Crippen LogP contribution in [0.4, 0.5) is 22.4 Å². The molecule has 5 atom stereocenters. The quantitative estimate of drug-likeness (QED) is 0.242. The molecule has 52 heavy (non-hydrogen) atoms. The van der Waals surface area contributed by atoms with Crippen molar-refractivity contribution >= 4 is 39.7 Å². The van der Waals surface area contributed by atoms with Crippen LogP contribution in [0, 0.1) is 22.6 Å². The molecule has 1 saturated heterocycles. The summed E-state index contributed by atoms with van der Waals surface area (Å²) >= 11 is 0. The predicted octanol–water partition coefficient (Wildman–Crippen LogP) is 3.04. The fourth-order valence-corrected chi connectivity index (χ4v) is 7.74. The van der Waals surface area contributed by atoms with E-state index in [0.29, 0.717) is 37.8 Å². The van der Waals surface area contributed by atoms with Crippen molar-refractivity contribution in [1.82, 2.24) is 25.2 Å². The SMILES string of the molecule is C=CC1CC1(NC(=O)C1CC(OC(=O)N2Cc3cccc(F)c3C2)CN1C(=O)C(NC(=O)C(C)(C)C(F)(F)F)C(C)(C)C)C(=O)NS(=O)(=O)C1CC1. The van der Waals surface area contributed by atoms with E-state index in [1.807, 2.05) is 4.72 Å². The molecule has 0 radical (unpaired) electrons. The third kappa shape index (κ3) is 7.48. The maximum absolute atomic E-state index is 14.4. The second-order valence-corrected chi connectivity index (χ2v) is 17.5. The van der Waals surface area contributed by atoms with Gasteiger partial charge in [-0.05, 0) is 50.2 Å². The van der Waals surface area contributed by atoms with Gasteiger partial charge in [0.2, 0.25) is 27.7 Å². The van der Waals surface area contributed by atoms with Crippen LogP contribution in [0.25, 0.3) is 0 Å². The molecule has 2 aliphatic heterocycles. The third-order valence-corrected chi connectivity index (χ3v) is 12.0. The van der Waals surface area contributed by atoms with Crippen LogP contribution in [0.2, 0.25) is 0 Å².